The topological polar surface area (TPSA) is 53.7 Å². The van der Waals surface area contributed by atoms with E-state index in [0.29, 0.717) is 11.8 Å². The smallest absolute Gasteiger partial charge is 0.295 e. The lowest BCUT2D eigenvalue weighted by molar-refractivity contribution is -0.136. The van der Waals surface area contributed by atoms with Gasteiger partial charge in [0, 0.05) is 18.4 Å². The molecule has 4 rings (SSSR count). The molecule has 2 aliphatic rings. The number of halogens is 3. The molecule has 29 heavy (non-hydrogen) atoms. The standard InChI is InChI=1S/C20H28F3N5O/c1-13(9-18-25-24-12-26(18)2)14-5-3-6-15(10-14)28-11-17-16(20(21,22)23)7-4-8-27(17)19(28)29/h4,7-8,11,13-15,18,24-25H,3,5-6,9-10,12H2,1-2H3/t13-,14?,15?,18?/m1/s1. The zero-order valence-electron chi connectivity index (χ0n) is 16.7. The summed E-state index contributed by atoms with van der Waals surface area (Å²) >= 11 is 0. The predicted octanol–water partition coefficient (Wildman–Crippen LogP) is 3.20. The van der Waals surface area contributed by atoms with E-state index in [2.05, 4.69) is 29.7 Å². The summed E-state index contributed by atoms with van der Waals surface area (Å²) in [5.74, 6) is 0.901. The molecule has 1 saturated carbocycles. The van der Waals surface area contributed by atoms with Gasteiger partial charge in [-0.15, -0.1) is 0 Å². The SMILES string of the molecule is C[C@H](CC1NNCN1C)C1CCCC(n2cc3c(C(F)(F)F)cccn3c2=O)C1. The first-order valence-corrected chi connectivity index (χ1v) is 10.2. The van der Waals surface area contributed by atoms with Crippen molar-refractivity contribution in [3.05, 3.63) is 40.6 Å². The van der Waals surface area contributed by atoms with Crippen LogP contribution in [0.2, 0.25) is 0 Å². The van der Waals surface area contributed by atoms with Gasteiger partial charge in [-0.1, -0.05) is 19.8 Å². The Morgan fingerprint density at radius 3 is 2.79 bits per heavy atom. The third-order valence-electron chi connectivity index (χ3n) is 6.64. The van der Waals surface area contributed by atoms with E-state index in [1.807, 2.05) is 0 Å². The van der Waals surface area contributed by atoms with Crippen LogP contribution in [0.25, 0.3) is 5.52 Å². The fraction of sp³-hybridized carbons (Fsp3) is 0.650. The number of imidazole rings is 1. The monoisotopic (exact) mass is 411 g/mol. The number of nitrogens with zero attached hydrogens (tertiary/aromatic N) is 3. The molecule has 1 saturated heterocycles. The van der Waals surface area contributed by atoms with Gasteiger partial charge in [0.2, 0.25) is 0 Å². The van der Waals surface area contributed by atoms with Crippen LogP contribution in [0.15, 0.2) is 29.3 Å². The number of aromatic nitrogens is 2. The molecule has 1 aliphatic heterocycles. The third kappa shape index (κ3) is 3.95. The summed E-state index contributed by atoms with van der Waals surface area (Å²) in [6.45, 7) is 3.04. The Kier molecular flexibility index (Phi) is 5.48. The summed E-state index contributed by atoms with van der Waals surface area (Å²) in [6.07, 6.45) is 3.33. The van der Waals surface area contributed by atoms with Crippen LogP contribution < -0.4 is 16.5 Å². The van der Waals surface area contributed by atoms with Gasteiger partial charge in [0.15, 0.2) is 0 Å². The van der Waals surface area contributed by atoms with E-state index < -0.39 is 11.7 Å². The third-order valence-corrected chi connectivity index (χ3v) is 6.64. The van der Waals surface area contributed by atoms with Crippen molar-refractivity contribution >= 4 is 5.52 Å². The maximum atomic E-state index is 13.4. The van der Waals surface area contributed by atoms with Gasteiger partial charge in [-0.25, -0.2) is 15.6 Å². The Morgan fingerprint density at radius 1 is 1.31 bits per heavy atom. The quantitative estimate of drug-likeness (QED) is 0.811. The minimum atomic E-state index is -4.48. The van der Waals surface area contributed by atoms with Gasteiger partial charge in [-0.2, -0.15) is 13.2 Å². The van der Waals surface area contributed by atoms with Crippen molar-refractivity contribution in [3.8, 4) is 0 Å². The van der Waals surface area contributed by atoms with Gasteiger partial charge in [0.25, 0.3) is 0 Å². The summed E-state index contributed by atoms with van der Waals surface area (Å²) in [5.41, 5.74) is 5.20. The number of alkyl halides is 3. The van der Waals surface area contributed by atoms with Crippen molar-refractivity contribution in [2.45, 2.75) is 57.4 Å². The second kappa shape index (κ2) is 7.77. The number of pyridine rings is 1. The second-order valence-electron chi connectivity index (χ2n) is 8.54. The van der Waals surface area contributed by atoms with E-state index >= 15 is 0 Å². The van der Waals surface area contributed by atoms with Crippen molar-refractivity contribution < 1.29 is 13.2 Å². The molecule has 2 N–H and O–H groups in total. The van der Waals surface area contributed by atoms with Crippen molar-refractivity contribution in [2.75, 3.05) is 13.7 Å². The number of rotatable bonds is 4. The molecule has 0 aromatic carbocycles. The van der Waals surface area contributed by atoms with E-state index in [9.17, 15) is 18.0 Å². The average molecular weight is 411 g/mol. The van der Waals surface area contributed by atoms with Crippen LogP contribution in [-0.4, -0.2) is 33.7 Å². The molecular weight excluding hydrogens is 383 g/mol. The maximum absolute atomic E-state index is 13.4. The molecule has 0 spiro atoms. The van der Waals surface area contributed by atoms with E-state index in [1.54, 1.807) is 0 Å². The zero-order chi connectivity index (χ0) is 20.8. The summed E-state index contributed by atoms with van der Waals surface area (Å²) < 4.78 is 42.7. The second-order valence-corrected chi connectivity index (χ2v) is 8.54. The van der Waals surface area contributed by atoms with Gasteiger partial charge in [-0.3, -0.25) is 13.9 Å². The lowest BCUT2D eigenvalue weighted by atomic mass is 9.77. The highest BCUT2D eigenvalue weighted by Crippen LogP contribution is 2.38. The number of hydrogen-bond donors (Lipinski definition) is 2. The normalized spacial score (nSPS) is 27.6. The average Bonchev–Trinajstić information content (AvgIpc) is 3.24. The van der Waals surface area contributed by atoms with E-state index in [4.69, 9.17) is 0 Å². The molecule has 0 bridgehead atoms. The van der Waals surface area contributed by atoms with Crippen LogP contribution in [0.5, 0.6) is 0 Å². The molecule has 0 amide bonds. The highest BCUT2D eigenvalue weighted by atomic mass is 19.4. The maximum Gasteiger partial charge on any atom is 0.418 e. The Bertz CT molecular complexity index is 921. The zero-order valence-corrected chi connectivity index (χ0v) is 16.7. The Hall–Kier alpha value is -1.84. The van der Waals surface area contributed by atoms with Gasteiger partial charge >= 0.3 is 11.9 Å². The Morgan fingerprint density at radius 2 is 2.10 bits per heavy atom. The Balaban J connectivity index is 1.56. The molecule has 4 atom stereocenters. The van der Waals surface area contributed by atoms with Crippen LogP contribution in [-0.2, 0) is 6.18 Å². The molecule has 160 valence electrons. The lowest BCUT2D eigenvalue weighted by Gasteiger charge is -2.35. The van der Waals surface area contributed by atoms with Crippen molar-refractivity contribution in [3.63, 3.8) is 0 Å². The van der Waals surface area contributed by atoms with Crippen molar-refractivity contribution in [1.82, 2.24) is 24.7 Å². The molecule has 2 aromatic heterocycles. The van der Waals surface area contributed by atoms with Crippen LogP contribution in [0.4, 0.5) is 13.2 Å². The molecule has 3 heterocycles. The van der Waals surface area contributed by atoms with Crippen LogP contribution in [0.1, 0.15) is 50.6 Å². The highest BCUT2D eigenvalue weighted by Gasteiger charge is 2.35. The van der Waals surface area contributed by atoms with Gasteiger partial charge in [0.1, 0.15) is 0 Å². The van der Waals surface area contributed by atoms with Crippen LogP contribution >= 0.6 is 0 Å². The van der Waals surface area contributed by atoms with Gasteiger partial charge in [-0.05, 0) is 50.3 Å². The lowest BCUT2D eigenvalue weighted by Crippen LogP contribution is -2.38. The summed E-state index contributed by atoms with van der Waals surface area (Å²) in [7, 11) is 2.07. The van der Waals surface area contributed by atoms with Crippen molar-refractivity contribution in [1.29, 1.82) is 0 Å². The van der Waals surface area contributed by atoms with E-state index in [1.165, 1.54) is 23.0 Å². The van der Waals surface area contributed by atoms with E-state index in [-0.39, 0.29) is 23.4 Å². The summed E-state index contributed by atoms with van der Waals surface area (Å²) in [5, 5.41) is 0. The molecule has 1 aliphatic carbocycles. The number of hydrazine groups is 1. The summed E-state index contributed by atoms with van der Waals surface area (Å²) in [6, 6.07) is 2.26. The number of hydrogen-bond acceptors (Lipinski definition) is 4. The molecule has 0 radical (unpaired) electrons. The van der Waals surface area contributed by atoms with Gasteiger partial charge < -0.3 is 0 Å². The first-order valence-electron chi connectivity index (χ1n) is 10.2. The minimum absolute atomic E-state index is 0.0583. The number of fused-ring (bicyclic) bond motifs is 1. The van der Waals surface area contributed by atoms with Crippen LogP contribution in [0.3, 0.4) is 0 Å². The first kappa shape index (κ1) is 20.4. The summed E-state index contributed by atoms with van der Waals surface area (Å²) in [4.78, 5) is 15.1. The molecular formula is C20H28F3N5O. The minimum Gasteiger partial charge on any atom is -0.295 e. The molecule has 9 heteroatoms. The van der Waals surface area contributed by atoms with E-state index in [0.717, 1.165) is 49.2 Å². The largest absolute Gasteiger partial charge is 0.418 e. The fourth-order valence-corrected chi connectivity index (χ4v) is 4.89. The number of nitrogens with one attached hydrogen (secondary N) is 2. The first-order chi connectivity index (χ1) is 13.8. The highest BCUT2D eigenvalue weighted by molar-refractivity contribution is 5.54. The van der Waals surface area contributed by atoms with Crippen molar-refractivity contribution in [2.24, 2.45) is 11.8 Å². The molecule has 2 aromatic rings. The molecule has 2 fully saturated rings. The predicted molar refractivity (Wildman–Crippen MR) is 104 cm³/mol. The molecule has 3 unspecified atom stereocenters. The van der Waals surface area contributed by atoms with Crippen LogP contribution in [0, 0.1) is 11.8 Å². The Labute approximate surface area is 167 Å². The molecule has 6 nitrogen and oxygen atoms in total. The van der Waals surface area contributed by atoms with Gasteiger partial charge in [0.05, 0.1) is 23.9 Å². The fourth-order valence-electron chi connectivity index (χ4n) is 4.89.